The Bertz CT molecular complexity index is 568. The summed E-state index contributed by atoms with van der Waals surface area (Å²) in [4.78, 5) is 16.4. The number of benzene rings is 1. The summed E-state index contributed by atoms with van der Waals surface area (Å²) in [5.41, 5.74) is 7.53. The lowest BCUT2D eigenvalue weighted by atomic mass is 10.0. The summed E-state index contributed by atoms with van der Waals surface area (Å²) in [5.74, 6) is -0.214. The molecular formula is C15H19N3O. The van der Waals surface area contributed by atoms with E-state index in [-0.39, 0.29) is 11.8 Å². The number of hydrogen-bond donors (Lipinski definition) is 2. The van der Waals surface area contributed by atoms with Crippen molar-refractivity contribution in [1.82, 2.24) is 10.3 Å². The third kappa shape index (κ3) is 3.29. The minimum atomic E-state index is -0.214. The number of nitrogens with one attached hydrogen (secondary N) is 1. The maximum atomic E-state index is 11.8. The van der Waals surface area contributed by atoms with Crippen molar-refractivity contribution in [2.24, 2.45) is 11.7 Å². The van der Waals surface area contributed by atoms with E-state index in [0.717, 1.165) is 16.6 Å². The highest BCUT2D eigenvalue weighted by Crippen LogP contribution is 2.14. The van der Waals surface area contributed by atoms with Crippen LogP contribution in [-0.4, -0.2) is 24.0 Å². The van der Waals surface area contributed by atoms with Crippen LogP contribution in [0.4, 0.5) is 0 Å². The highest BCUT2D eigenvalue weighted by atomic mass is 16.1. The molecule has 2 rings (SSSR count). The molecule has 0 saturated carbocycles. The third-order valence-corrected chi connectivity index (χ3v) is 3.12. The largest absolute Gasteiger partial charge is 0.356 e. The normalized spacial score (nSPS) is 12.3. The van der Waals surface area contributed by atoms with Gasteiger partial charge in [0.1, 0.15) is 0 Å². The van der Waals surface area contributed by atoms with E-state index in [1.165, 1.54) is 0 Å². The van der Waals surface area contributed by atoms with Crippen molar-refractivity contribution in [3.8, 4) is 0 Å². The molecule has 0 saturated heterocycles. The standard InChI is InChI=1S/C15H19N3O/c1-2-17-15(19)12(10-16)9-13-8-7-11-5-3-4-6-14(11)18-13/h3-8,12H,2,9-10,16H2,1H3,(H,17,19). The van der Waals surface area contributed by atoms with E-state index in [0.29, 0.717) is 19.5 Å². The highest BCUT2D eigenvalue weighted by Gasteiger charge is 2.17. The molecule has 1 aromatic carbocycles. The van der Waals surface area contributed by atoms with Gasteiger partial charge in [0.15, 0.2) is 0 Å². The monoisotopic (exact) mass is 257 g/mol. The molecule has 0 radical (unpaired) electrons. The first kappa shape index (κ1) is 13.5. The van der Waals surface area contributed by atoms with E-state index < -0.39 is 0 Å². The molecule has 0 fully saturated rings. The van der Waals surface area contributed by atoms with Gasteiger partial charge in [0, 0.05) is 30.6 Å². The van der Waals surface area contributed by atoms with Crippen LogP contribution >= 0.6 is 0 Å². The first-order valence-electron chi connectivity index (χ1n) is 6.57. The zero-order valence-corrected chi connectivity index (χ0v) is 11.1. The SMILES string of the molecule is CCNC(=O)C(CN)Cc1ccc2ccccc2n1. The lowest BCUT2D eigenvalue weighted by molar-refractivity contribution is -0.124. The lowest BCUT2D eigenvalue weighted by Crippen LogP contribution is -2.36. The fraction of sp³-hybridized carbons (Fsp3) is 0.333. The molecule has 100 valence electrons. The number of para-hydroxylation sites is 1. The Labute approximate surface area is 113 Å². The quantitative estimate of drug-likeness (QED) is 0.852. The van der Waals surface area contributed by atoms with E-state index in [9.17, 15) is 4.79 Å². The summed E-state index contributed by atoms with van der Waals surface area (Å²) >= 11 is 0. The first-order chi connectivity index (χ1) is 9.24. The van der Waals surface area contributed by atoms with Crippen LogP contribution in [0.5, 0.6) is 0 Å². The van der Waals surface area contributed by atoms with Crippen LogP contribution in [0.1, 0.15) is 12.6 Å². The smallest absolute Gasteiger partial charge is 0.224 e. The summed E-state index contributed by atoms with van der Waals surface area (Å²) in [7, 11) is 0. The van der Waals surface area contributed by atoms with Gasteiger partial charge in [-0.2, -0.15) is 0 Å². The van der Waals surface area contributed by atoms with E-state index >= 15 is 0 Å². The van der Waals surface area contributed by atoms with Gasteiger partial charge in [0.25, 0.3) is 0 Å². The summed E-state index contributed by atoms with van der Waals surface area (Å²) < 4.78 is 0. The summed E-state index contributed by atoms with van der Waals surface area (Å²) in [6, 6.07) is 11.9. The average molecular weight is 257 g/mol. The van der Waals surface area contributed by atoms with Crippen molar-refractivity contribution in [3.05, 3.63) is 42.1 Å². The summed E-state index contributed by atoms with van der Waals surface area (Å²) in [6.45, 7) is 2.86. The zero-order chi connectivity index (χ0) is 13.7. The Balaban J connectivity index is 2.17. The molecule has 4 nitrogen and oxygen atoms in total. The number of aromatic nitrogens is 1. The second-order valence-electron chi connectivity index (χ2n) is 4.53. The predicted molar refractivity (Wildman–Crippen MR) is 76.7 cm³/mol. The summed E-state index contributed by atoms with van der Waals surface area (Å²) in [5, 5.41) is 3.91. The molecule has 19 heavy (non-hydrogen) atoms. The van der Waals surface area contributed by atoms with Crippen LogP contribution in [0.2, 0.25) is 0 Å². The molecule has 3 N–H and O–H groups in total. The minimum Gasteiger partial charge on any atom is -0.356 e. The Morgan fingerprint density at radius 3 is 2.84 bits per heavy atom. The molecule has 0 aliphatic heterocycles. The van der Waals surface area contributed by atoms with Gasteiger partial charge in [-0.1, -0.05) is 24.3 Å². The van der Waals surface area contributed by atoms with E-state index in [2.05, 4.69) is 10.3 Å². The minimum absolute atomic E-state index is 0.0000383. The average Bonchev–Trinajstić information content (AvgIpc) is 2.44. The zero-order valence-electron chi connectivity index (χ0n) is 11.1. The first-order valence-corrected chi connectivity index (χ1v) is 6.57. The Hall–Kier alpha value is -1.94. The molecule has 0 spiro atoms. The van der Waals surface area contributed by atoms with Gasteiger partial charge in [-0.25, -0.2) is 0 Å². The number of nitrogens with zero attached hydrogens (tertiary/aromatic N) is 1. The van der Waals surface area contributed by atoms with Crippen LogP contribution in [0.15, 0.2) is 36.4 Å². The Kier molecular flexibility index (Phi) is 4.47. The summed E-state index contributed by atoms with van der Waals surface area (Å²) in [6.07, 6.45) is 0.577. The van der Waals surface area contributed by atoms with E-state index in [1.807, 2.05) is 43.3 Å². The topological polar surface area (TPSA) is 68.0 Å². The number of nitrogens with two attached hydrogens (primary N) is 1. The van der Waals surface area contributed by atoms with Gasteiger partial charge in [-0.05, 0) is 19.1 Å². The van der Waals surface area contributed by atoms with Gasteiger partial charge in [-0.3, -0.25) is 9.78 Å². The van der Waals surface area contributed by atoms with Gasteiger partial charge in [-0.15, -0.1) is 0 Å². The molecule has 1 heterocycles. The number of carbonyl (C=O) groups is 1. The number of pyridine rings is 1. The lowest BCUT2D eigenvalue weighted by Gasteiger charge is -2.13. The molecule has 4 heteroatoms. The molecule has 0 aliphatic rings. The number of hydrogen-bond acceptors (Lipinski definition) is 3. The fourth-order valence-corrected chi connectivity index (χ4v) is 2.08. The predicted octanol–water partition coefficient (Wildman–Crippen LogP) is 1.49. The van der Waals surface area contributed by atoms with Crippen LogP contribution in [0.25, 0.3) is 10.9 Å². The van der Waals surface area contributed by atoms with Crippen molar-refractivity contribution in [2.75, 3.05) is 13.1 Å². The van der Waals surface area contributed by atoms with Crippen molar-refractivity contribution in [3.63, 3.8) is 0 Å². The van der Waals surface area contributed by atoms with E-state index in [1.54, 1.807) is 0 Å². The highest BCUT2D eigenvalue weighted by molar-refractivity contribution is 5.80. The van der Waals surface area contributed by atoms with Crippen LogP contribution in [-0.2, 0) is 11.2 Å². The van der Waals surface area contributed by atoms with Gasteiger partial charge in [0.2, 0.25) is 5.91 Å². The third-order valence-electron chi connectivity index (χ3n) is 3.12. The Morgan fingerprint density at radius 1 is 1.32 bits per heavy atom. The van der Waals surface area contributed by atoms with Gasteiger partial charge in [0.05, 0.1) is 11.4 Å². The number of amides is 1. The van der Waals surface area contributed by atoms with Crippen molar-refractivity contribution >= 4 is 16.8 Å². The van der Waals surface area contributed by atoms with Gasteiger partial charge < -0.3 is 11.1 Å². The molecule has 1 amide bonds. The Morgan fingerprint density at radius 2 is 2.11 bits per heavy atom. The number of carbonyl (C=O) groups excluding carboxylic acids is 1. The fourth-order valence-electron chi connectivity index (χ4n) is 2.08. The molecule has 2 aromatic rings. The number of fused-ring (bicyclic) bond motifs is 1. The second kappa shape index (κ2) is 6.29. The van der Waals surface area contributed by atoms with Crippen LogP contribution < -0.4 is 11.1 Å². The van der Waals surface area contributed by atoms with Crippen LogP contribution in [0.3, 0.4) is 0 Å². The molecule has 0 aliphatic carbocycles. The maximum absolute atomic E-state index is 11.8. The maximum Gasteiger partial charge on any atom is 0.224 e. The second-order valence-corrected chi connectivity index (χ2v) is 4.53. The number of rotatable bonds is 5. The molecule has 0 bridgehead atoms. The van der Waals surface area contributed by atoms with Crippen molar-refractivity contribution in [2.45, 2.75) is 13.3 Å². The van der Waals surface area contributed by atoms with Crippen LogP contribution in [0, 0.1) is 5.92 Å². The molecule has 1 aromatic heterocycles. The van der Waals surface area contributed by atoms with Crippen molar-refractivity contribution < 1.29 is 4.79 Å². The van der Waals surface area contributed by atoms with Gasteiger partial charge >= 0.3 is 0 Å². The van der Waals surface area contributed by atoms with E-state index in [4.69, 9.17) is 5.73 Å². The molecule has 1 unspecified atom stereocenters. The molecule has 1 atom stereocenters. The molecular weight excluding hydrogens is 238 g/mol. The van der Waals surface area contributed by atoms with Crippen molar-refractivity contribution in [1.29, 1.82) is 0 Å².